The van der Waals surface area contributed by atoms with E-state index in [1.807, 2.05) is 0 Å². The lowest BCUT2D eigenvalue weighted by molar-refractivity contribution is 0.104. The number of hydrogen-bond donors (Lipinski definition) is 1. The number of ether oxygens (including phenoxy) is 3. The van der Waals surface area contributed by atoms with Crippen LogP contribution in [0.1, 0.15) is 15.9 Å². The molecule has 23 heavy (non-hydrogen) atoms. The molecule has 5 heteroatoms. The third-order valence-electron chi connectivity index (χ3n) is 3.27. The predicted octanol–water partition coefficient (Wildman–Crippen LogP) is 3.31. The number of carbonyl (C=O) groups excluding carboxylic acids is 1. The molecule has 0 aliphatic carbocycles. The Hall–Kier alpha value is -2.95. The zero-order chi connectivity index (χ0) is 16.8. The molecule has 5 nitrogen and oxygen atoms in total. The predicted molar refractivity (Wildman–Crippen MR) is 87.6 cm³/mol. The normalized spacial score (nSPS) is 10.6. The summed E-state index contributed by atoms with van der Waals surface area (Å²) in [5.74, 6) is 1.29. The number of ketones is 1. The summed E-state index contributed by atoms with van der Waals surface area (Å²) in [6, 6.07) is 9.88. The van der Waals surface area contributed by atoms with Gasteiger partial charge >= 0.3 is 0 Å². The molecule has 0 unspecified atom stereocenters. The van der Waals surface area contributed by atoms with Crippen molar-refractivity contribution in [2.24, 2.45) is 0 Å². The van der Waals surface area contributed by atoms with Crippen LogP contribution in [0.4, 0.5) is 0 Å². The molecule has 2 aromatic rings. The van der Waals surface area contributed by atoms with E-state index in [4.69, 9.17) is 14.2 Å². The summed E-state index contributed by atoms with van der Waals surface area (Å²) < 4.78 is 15.3. The number of methoxy groups -OCH3 is 3. The Balaban J connectivity index is 2.22. The number of rotatable bonds is 6. The van der Waals surface area contributed by atoms with E-state index in [2.05, 4.69) is 0 Å². The van der Waals surface area contributed by atoms with E-state index in [9.17, 15) is 9.90 Å². The Kier molecular flexibility index (Phi) is 5.25. The zero-order valence-corrected chi connectivity index (χ0v) is 13.2. The average molecular weight is 314 g/mol. The van der Waals surface area contributed by atoms with Crippen molar-refractivity contribution in [2.45, 2.75) is 0 Å². The quantitative estimate of drug-likeness (QED) is 0.654. The van der Waals surface area contributed by atoms with Gasteiger partial charge in [0.25, 0.3) is 0 Å². The first-order valence-corrected chi connectivity index (χ1v) is 6.90. The Morgan fingerprint density at radius 1 is 0.957 bits per heavy atom. The fourth-order valence-electron chi connectivity index (χ4n) is 2.03. The zero-order valence-electron chi connectivity index (χ0n) is 13.2. The molecular formula is C18H18O5. The van der Waals surface area contributed by atoms with Crippen molar-refractivity contribution in [3.05, 3.63) is 53.6 Å². The molecule has 0 fully saturated rings. The first-order valence-electron chi connectivity index (χ1n) is 6.90. The topological polar surface area (TPSA) is 65.0 Å². The van der Waals surface area contributed by atoms with E-state index in [1.54, 1.807) is 36.4 Å². The molecule has 2 aromatic carbocycles. The maximum absolute atomic E-state index is 12.3. The molecule has 2 rings (SSSR count). The highest BCUT2D eigenvalue weighted by Crippen LogP contribution is 2.27. The number of phenolic OH excluding ortho intramolecular Hbond substituents is 1. The van der Waals surface area contributed by atoms with Gasteiger partial charge in [-0.3, -0.25) is 4.79 Å². The SMILES string of the molecule is COc1cc(OC)cc(C(=O)C=Cc2ccc(OC)c(O)c2)c1. The van der Waals surface area contributed by atoms with Crippen molar-refractivity contribution < 1.29 is 24.1 Å². The fourth-order valence-corrected chi connectivity index (χ4v) is 2.03. The van der Waals surface area contributed by atoms with Crippen LogP contribution in [0.3, 0.4) is 0 Å². The van der Waals surface area contributed by atoms with Gasteiger partial charge in [-0.25, -0.2) is 0 Å². The molecule has 120 valence electrons. The maximum atomic E-state index is 12.3. The Labute approximate surface area is 134 Å². The van der Waals surface area contributed by atoms with E-state index < -0.39 is 0 Å². The molecule has 0 heterocycles. The van der Waals surface area contributed by atoms with Gasteiger partial charge in [0.15, 0.2) is 17.3 Å². The minimum Gasteiger partial charge on any atom is -0.504 e. The number of aromatic hydroxyl groups is 1. The standard InChI is InChI=1S/C18H18O5/c1-21-14-9-13(10-15(11-14)22-2)16(19)6-4-12-5-7-18(23-3)17(20)8-12/h4-11,20H,1-3H3. The van der Waals surface area contributed by atoms with Gasteiger partial charge in [-0.05, 0) is 35.9 Å². The van der Waals surface area contributed by atoms with Gasteiger partial charge in [0.05, 0.1) is 21.3 Å². The van der Waals surface area contributed by atoms with E-state index in [0.29, 0.717) is 28.4 Å². The minimum atomic E-state index is -0.197. The molecule has 0 spiro atoms. The highest BCUT2D eigenvalue weighted by atomic mass is 16.5. The Bertz CT molecular complexity index is 712. The highest BCUT2D eigenvalue weighted by molar-refractivity contribution is 6.07. The van der Waals surface area contributed by atoms with Crippen LogP contribution in [-0.2, 0) is 0 Å². The van der Waals surface area contributed by atoms with E-state index in [1.165, 1.54) is 33.5 Å². The molecule has 0 radical (unpaired) electrons. The summed E-state index contributed by atoms with van der Waals surface area (Å²) in [7, 11) is 4.53. The first kappa shape index (κ1) is 16.4. The number of phenols is 1. The van der Waals surface area contributed by atoms with Gasteiger partial charge in [0.2, 0.25) is 0 Å². The fraction of sp³-hybridized carbons (Fsp3) is 0.167. The van der Waals surface area contributed by atoms with Gasteiger partial charge in [-0.15, -0.1) is 0 Å². The lowest BCUT2D eigenvalue weighted by Crippen LogP contribution is -1.97. The van der Waals surface area contributed by atoms with Crippen LogP contribution in [-0.4, -0.2) is 32.2 Å². The van der Waals surface area contributed by atoms with E-state index in [0.717, 1.165) is 0 Å². The van der Waals surface area contributed by atoms with Gasteiger partial charge in [0.1, 0.15) is 11.5 Å². The van der Waals surface area contributed by atoms with Crippen molar-refractivity contribution in [1.82, 2.24) is 0 Å². The number of allylic oxidation sites excluding steroid dienone is 1. The second kappa shape index (κ2) is 7.35. The summed E-state index contributed by atoms with van der Waals surface area (Å²) in [4.78, 5) is 12.3. The Morgan fingerprint density at radius 3 is 2.13 bits per heavy atom. The van der Waals surface area contributed by atoms with Crippen LogP contribution >= 0.6 is 0 Å². The molecule has 0 saturated heterocycles. The summed E-state index contributed by atoms with van der Waals surface area (Å²) in [6.07, 6.45) is 3.04. The molecule has 0 atom stereocenters. The van der Waals surface area contributed by atoms with Crippen LogP contribution in [0.5, 0.6) is 23.0 Å². The summed E-state index contributed by atoms with van der Waals surface area (Å²) in [5.41, 5.74) is 1.14. The summed E-state index contributed by atoms with van der Waals surface area (Å²) in [5, 5.41) is 9.73. The lowest BCUT2D eigenvalue weighted by atomic mass is 10.1. The lowest BCUT2D eigenvalue weighted by Gasteiger charge is -2.06. The summed E-state index contributed by atoms with van der Waals surface area (Å²) in [6.45, 7) is 0. The minimum absolute atomic E-state index is 0.0187. The van der Waals surface area contributed by atoms with Crippen LogP contribution in [0, 0.1) is 0 Å². The molecule has 0 aromatic heterocycles. The Morgan fingerprint density at radius 2 is 1.61 bits per heavy atom. The molecular weight excluding hydrogens is 296 g/mol. The smallest absolute Gasteiger partial charge is 0.186 e. The summed E-state index contributed by atoms with van der Waals surface area (Å²) >= 11 is 0. The van der Waals surface area contributed by atoms with Gasteiger partial charge in [-0.1, -0.05) is 12.1 Å². The second-order valence-corrected chi connectivity index (χ2v) is 4.73. The van der Waals surface area contributed by atoms with Crippen molar-refractivity contribution in [1.29, 1.82) is 0 Å². The third-order valence-corrected chi connectivity index (χ3v) is 3.27. The van der Waals surface area contributed by atoms with Crippen LogP contribution in [0.25, 0.3) is 6.08 Å². The first-order chi connectivity index (χ1) is 11.1. The number of carbonyl (C=O) groups is 1. The van der Waals surface area contributed by atoms with Gasteiger partial charge < -0.3 is 19.3 Å². The van der Waals surface area contributed by atoms with Gasteiger partial charge in [-0.2, -0.15) is 0 Å². The largest absolute Gasteiger partial charge is 0.504 e. The van der Waals surface area contributed by atoms with E-state index in [-0.39, 0.29) is 11.5 Å². The molecule has 0 aliphatic rings. The van der Waals surface area contributed by atoms with E-state index >= 15 is 0 Å². The second-order valence-electron chi connectivity index (χ2n) is 4.73. The monoisotopic (exact) mass is 314 g/mol. The molecule has 0 aliphatic heterocycles. The molecule has 0 amide bonds. The number of benzene rings is 2. The molecule has 1 N–H and O–H groups in total. The van der Waals surface area contributed by atoms with Gasteiger partial charge in [0, 0.05) is 11.6 Å². The average Bonchev–Trinajstić information content (AvgIpc) is 2.59. The van der Waals surface area contributed by atoms with Crippen molar-refractivity contribution in [2.75, 3.05) is 21.3 Å². The van der Waals surface area contributed by atoms with Crippen LogP contribution in [0.15, 0.2) is 42.5 Å². The molecule has 0 saturated carbocycles. The van der Waals surface area contributed by atoms with Crippen molar-refractivity contribution in [3.8, 4) is 23.0 Å². The van der Waals surface area contributed by atoms with Crippen LogP contribution < -0.4 is 14.2 Å². The van der Waals surface area contributed by atoms with Crippen molar-refractivity contribution >= 4 is 11.9 Å². The van der Waals surface area contributed by atoms with Crippen LogP contribution in [0.2, 0.25) is 0 Å². The third kappa shape index (κ3) is 4.03. The maximum Gasteiger partial charge on any atom is 0.186 e. The van der Waals surface area contributed by atoms with Crippen molar-refractivity contribution in [3.63, 3.8) is 0 Å². The number of hydrogen-bond acceptors (Lipinski definition) is 5. The molecule has 0 bridgehead atoms. The highest BCUT2D eigenvalue weighted by Gasteiger charge is 2.07.